The van der Waals surface area contributed by atoms with E-state index in [0.29, 0.717) is 6.04 Å². The van der Waals surface area contributed by atoms with Crippen LogP contribution in [0.5, 0.6) is 0 Å². The molecule has 1 heterocycles. The molecule has 1 aliphatic heterocycles. The van der Waals surface area contributed by atoms with Gasteiger partial charge in [-0.05, 0) is 19.8 Å². The minimum absolute atomic E-state index is 0.519. The third-order valence-electron chi connectivity index (χ3n) is 1.58. The van der Waals surface area contributed by atoms with Gasteiger partial charge >= 0.3 is 0 Å². The van der Waals surface area contributed by atoms with Gasteiger partial charge in [-0.25, -0.2) is 0 Å². The second kappa shape index (κ2) is 4.67. The van der Waals surface area contributed by atoms with E-state index < -0.39 is 0 Å². The van der Waals surface area contributed by atoms with E-state index in [1.165, 1.54) is 18.6 Å². The fourth-order valence-electron chi connectivity index (χ4n) is 0.998. The first-order valence-corrected chi connectivity index (χ1v) is 4.93. The highest BCUT2D eigenvalue weighted by Gasteiger charge is 2.12. The van der Waals surface area contributed by atoms with Crippen LogP contribution in [-0.2, 0) is 4.74 Å². The molecular weight excluding hydrogens is 158 g/mol. The molecule has 0 amide bonds. The van der Waals surface area contributed by atoms with E-state index in [4.69, 9.17) is 4.74 Å². The molecule has 0 aromatic carbocycles. The summed E-state index contributed by atoms with van der Waals surface area (Å²) in [5.41, 5.74) is 0. The molecular formula is C8H15NOS. The molecule has 1 unspecified atom stereocenters. The van der Waals surface area contributed by atoms with E-state index >= 15 is 0 Å². The van der Waals surface area contributed by atoms with Gasteiger partial charge < -0.3 is 4.74 Å². The maximum absolute atomic E-state index is 5.31. The number of hydrogen-bond acceptors (Lipinski definition) is 3. The van der Waals surface area contributed by atoms with Crippen molar-refractivity contribution in [1.29, 1.82) is 0 Å². The molecule has 1 N–H and O–H groups in total. The van der Waals surface area contributed by atoms with Crippen LogP contribution in [0, 0.1) is 0 Å². The van der Waals surface area contributed by atoms with Gasteiger partial charge in [0.2, 0.25) is 0 Å². The van der Waals surface area contributed by atoms with E-state index in [9.17, 15) is 0 Å². The topological polar surface area (TPSA) is 21.3 Å². The van der Waals surface area contributed by atoms with Crippen LogP contribution in [0.3, 0.4) is 0 Å². The zero-order valence-corrected chi connectivity index (χ0v) is 7.75. The van der Waals surface area contributed by atoms with Crippen LogP contribution < -0.4 is 4.72 Å². The maximum Gasteiger partial charge on any atom is 0.104 e. The smallest absolute Gasteiger partial charge is 0.104 e. The summed E-state index contributed by atoms with van der Waals surface area (Å²) in [4.78, 5) is 0. The van der Waals surface area contributed by atoms with Crippen molar-refractivity contribution in [3.05, 3.63) is 12.3 Å². The summed E-state index contributed by atoms with van der Waals surface area (Å²) in [5, 5.41) is 0. The van der Waals surface area contributed by atoms with Crippen molar-refractivity contribution < 1.29 is 4.74 Å². The SMILES string of the molecule is C=C(C)OCC1CCCSN1. The molecule has 1 saturated heterocycles. The molecule has 1 aliphatic rings. The minimum Gasteiger partial charge on any atom is -0.497 e. The Morgan fingerprint density at radius 3 is 3.18 bits per heavy atom. The lowest BCUT2D eigenvalue weighted by atomic mass is 10.2. The van der Waals surface area contributed by atoms with Crippen LogP contribution in [0.1, 0.15) is 19.8 Å². The zero-order chi connectivity index (χ0) is 8.10. The third-order valence-corrected chi connectivity index (χ3v) is 2.57. The Hall–Kier alpha value is -0.150. The van der Waals surface area contributed by atoms with Crippen LogP contribution in [0.15, 0.2) is 12.3 Å². The third kappa shape index (κ3) is 3.68. The van der Waals surface area contributed by atoms with E-state index in [1.54, 1.807) is 11.9 Å². The average molecular weight is 173 g/mol. The Labute approximate surface area is 72.5 Å². The summed E-state index contributed by atoms with van der Waals surface area (Å²) >= 11 is 1.80. The van der Waals surface area contributed by atoms with Crippen molar-refractivity contribution in [2.45, 2.75) is 25.8 Å². The average Bonchev–Trinajstić information content (AvgIpc) is 2.03. The first kappa shape index (κ1) is 8.94. The minimum atomic E-state index is 0.519. The standard InChI is InChI=1S/C8H15NOS/c1-7(2)10-6-8-4-3-5-11-9-8/h8-9H,1,3-6H2,2H3. The lowest BCUT2D eigenvalue weighted by Crippen LogP contribution is -2.31. The van der Waals surface area contributed by atoms with Gasteiger partial charge in [-0.3, -0.25) is 4.72 Å². The molecule has 11 heavy (non-hydrogen) atoms. The largest absolute Gasteiger partial charge is 0.497 e. The molecule has 0 aromatic heterocycles. The van der Waals surface area contributed by atoms with Gasteiger partial charge in [0.05, 0.1) is 11.8 Å². The Bertz CT molecular complexity index is 132. The van der Waals surface area contributed by atoms with Crippen molar-refractivity contribution in [2.75, 3.05) is 12.4 Å². The number of allylic oxidation sites excluding steroid dienone is 1. The summed E-state index contributed by atoms with van der Waals surface area (Å²) in [7, 11) is 0. The van der Waals surface area contributed by atoms with E-state index in [2.05, 4.69) is 11.3 Å². The first-order chi connectivity index (χ1) is 5.29. The van der Waals surface area contributed by atoms with Gasteiger partial charge in [-0.15, -0.1) is 0 Å². The summed E-state index contributed by atoms with van der Waals surface area (Å²) in [5.74, 6) is 2.03. The van der Waals surface area contributed by atoms with Crippen molar-refractivity contribution >= 4 is 11.9 Å². The molecule has 2 nitrogen and oxygen atoms in total. The Balaban J connectivity index is 2.09. The van der Waals surface area contributed by atoms with E-state index in [1.807, 2.05) is 6.92 Å². The number of ether oxygens (including phenoxy) is 1. The van der Waals surface area contributed by atoms with Gasteiger partial charge in [-0.1, -0.05) is 18.5 Å². The van der Waals surface area contributed by atoms with Crippen LogP contribution in [-0.4, -0.2) is 18.4 Å². The van der Waals surface area contributed by atoms with E-state index in [-0.39, 0.29) is 0 Å². The Morgan fingerprint density at radius 1 is 1.82 bits per heavy atom. The van der Waals surface area contributed by atoms with Gasteiger partial charge in [-0.2, -0.15) is 0 Å². The Kier molecular flexibility index (Phi) is 3.80. The molecule has 1 atom stereocenters. The van der Waals surface area contributed by atoms with Crippen LogP contribution >= 0.6 is 11.9 Å². The maximum atomic E-state index is 5.31. The van der Waals surface area contributed by atoms with Crippen molar-refractivity contribution in [2.24, 2.45) is 0 Å². The molecule has 64 valence electrons. The van der Waals surface area contributed by atoms with Crippen LogP contribution in [0.25, 0.3) is 0 Å². The fraction of sp³-hybridized carbons (Fsp3) is 0.750. The highest BCUT2D eigenvalue weighted by Crippen LogP contribution is 2.13. The number of hydrogen-bond donors (Lipinski definition) is 1. The van der Waals surface area contributed by atoms with Gasteiger partial charge in [0.1, 0.15) is 6.61 Å². The van der Waals surface area contributed by atoms with Crippen molar-refractivity contribution in [3.8, 4) is 0 Å². The highest BCUT2D eigenvalue weighted by atomic mass is 32.2. The molecule has 3 heteroatoms. The normalized spacial score (nSPS) is 24.6. The second-order valence-electron chi connectivity index (χ2n) is 2.82. The van der Waals surface area contributed by atoms with Crippen molar-refractivity contribution in [3.63, 3.8) is 0 Å². The Morgan fingerprint density at radius 2 is 2.64 bits per heavy atom. The summed E-state index contributed by atoms with van der Waals surface area (Å²) in [6.45, 7) is 6.33. The predicted molar refractivity (Wildman–Crippen MR) is 49.4 cm³/mol. The second-order valence-corrected chi connectivity index (χ2v) is 3.75. The molecule has 0 spiro atoms. The summed E-state index contributed by atoms with van der Waals surface area (Å²) in [6, 6.07) is 0.519. The summed E-state index contributed by atoms with van der Waals surface area (Å²) in [6.07, 6.45) is 2.52. The van der Waals surface area contributed by atoms with E-state index in [0.717, 1.165) is 12.4 Å². The molecule has 0 saturated carbocycles. The number of rotatable bonds is 3. The lowest BCUT2D eigenvalue weighted by molar-refractivity contribution is 0.186. The van der Waals surface area contributed by atoms with Gasteiger partial charge in [0.15, 0.2) is 0 Å². The molecule has 0 aromatic rings. The quantitative estimate of drug-likeness (QED) is 0.520. The lowest BCUT2D eigenvalue weighted by Gasteiger charge is -2.22. The van der Waals surface area contributed by atoms with Crippen LogP contribution in [0.4, 0.5) is 0 Å². The molecule has 1 fully saturated rings. The number of nitrogens with one attached hydrogen (secondary N) is 1. The fourth-order valence-corrected chi connectivity index (χ4v) is 1.85. The predicted octanol–water partition coefficient (Wildman–Crippen LogP) is 1.94. The van der Waals surface area contributed by atoms with Crippen LogP contribution in [0.2, 0.25) is 0 Å². The highest BCUT2D eigenvalue weighted by molar-refractivity contribution is 7.97. The zero-order valence-electron chi connectivity index (χ0n) is 6.93. The molecule has 1 rings (SSSR count). The molecule has 0 aliphatic carbocycles. The molecule has 0 bridgehead atoms. The van der Waals surface area contributed by atoms with Crippen molar-refractivity contribution in [1.82, 2.24) is 4.72 Å². The first-order valence-electron chi connectivity index (χ1n) is 3.94. The van der Waals surface area contributed by atoms with Gasteiger partial charge in [0, 0.05) is 5.75 Å². The summed E-state index contributed by atoms with van der Waals surface area (Å²) < 4.78 is 8.64. The van der Waals surface area contributed by atoms with Gasteiger partial charge in [0.25, 0.3) is 0 Å². The monoisotopic (exact) mass is 173 g/mol. The molecule has 0 radical (unpaired) electrons.